The van der Waals surface area contributed by atoms with Crippen molar-refractivity contribution in [3.63, 3.8) is 0 Å². The fourth-order valence-corrected chi connectivity index (χ4v) is 5.09. The molecule has 2 aromatic rings. The molecule has 2 unspecified atom stereocenters. The Kier molecular flexibility index (Phi) is 6.88. The molecule has 1 heterocycles. The third-order valence-corrected chi connectivity index (χ3v) is 6.77. The van der Waals surface area contributed by atoms with E-state index < -0.39 is 23.8 Å². The zero-order chi connectivity index (χ0) is 22.5. The predicted octanol–water partition coefficient (Wildman–Crippen LogP) is 3.36. The highest BCUT2D eigenvalue weighted by atomic mass is 16.4. The molecule has 6 heteroatoms. The maximum absolute atomic E-state index is 13.6. The third kappa shape index (κ3) is 4.69. The van der Waals surface area contributed by atoms with Gasteiger partial charge in [0.05, 0.1) is 11.8 Å². The molecule has 0 bridgehead atoms. The number of nitrogens with one attached hydrogen (secondary N) is 1. The SMILES string of the molecule is O=C(O)C1CCCCC1C(=O)N1CCc2ccccc2[C@H]1C(=O)NCCc1ccccc1. The number of hydrogen-bond acceptors (Lipinski definition) is 3. The average molecular weight is 435 g/mol. The van der Waals surface area contributed by atoms with Crippen LogP contribution in [0.3, 0.4) is 0 Å². The number of nitrogens with zero attached hydrogens (tertiary/aromatic N) is 1. The minimum absolute atomic E-state index is 0.199. The van der Waals surface area contributed by atoms with Crippen LogP contribution in [0.1, 0.15) is 48.4 Å². The van der Waals surface area contributed by atoms with Crippen molar-refractivity contribution in [1.82, 2.24) is 10.2 Å². The number of fused-ring (bicyclic) bond motifs is 1. The monoisotopic (exact) mass is 434 g/mol. The smallest absolute Gasteiger partial charge is 0.307 e. The normalized spacial score (nSPS) is 22.6. The molecule has 1 fully saturated rings. The van der Waals surface area contributed by atoms with Gasteiger partial charge in [-0.25, -0.2) is 0 Å². The molecular formula is C26H30N2O4. The molecule has 32 heavy (non-hydrogen) atoms. The van der Waals surface area contributed by atoms with Crippen molar-refractivity contribution in [1.29, 1.82) is 0 Å². The zero-order valence-electron chi connectivity index (χ0n) is 18.2. The van der Waals surface area contributed by atoms with Crippen LogP contribution in [0.25, 0.3) is 0 Å². The number of aliphatic carboxylic acids is 1. The Hall–Kier alpha value is -3.15. The van der Waals surface area contributed by atoms with Gasteiger partial charge in [-0.2, -0.15) is 0 Å². The lowest BCUT2D eigenvalue weighted by atomic mass is 9.77. The van der Waals surface area contributed by atoms with Gasteiger partial charge in [0.15, 0.2) is 0 Å². The molecule has 2 amide bonds. The minimum Gasteiger partial charge on any atom is -0.481 e. The van der Waals surface area contributed by atoms with Crippen LogP contribution in [-0.4, -0.2) is 40.9 Å². The van der Waals surface area contributed by atoms with Crippen molar-refractivity contribution >= 4 is 17.8 Å². The molecule has 6 nitrogen and oxygen atoms in total. The van der Waals surface area contributed by atoms with Crippen LogP contribution in [-0.2, 0) is 27.2 Å². The summed E-state index contributed by atoms with van der Waals surface area (Å²) in [6.07, 6.45) is 4.13. The average Bonchev–Trinajstić information content (AvgIpc) is 2.83. The van der Waals surface area contributed by atoms with E-state index in [-0.39, 0.29) is 11.8 Å². The molecule has 1 aliphatic heterocycles. The van der Waals surface area contributed by atoms with Gasteiger partial charge in [-0.05, 0) is 42.4 Å². The summed E-state index contributed by atoms with van der Waals surface area (Å²) >= 11 is 0. The molecule has 0 spiro atoms. The second-order valence-electron chi connectivity index (χ2n) is 8.75. The predicted molar refractivity (Wildman–Crippen MR) is 121 cm³/mol. The molecule has 0 aromatic heterocycles. The number of benzene rings is 2. The van der Waals surface area contributed by atoms with Crippen molar-refractivity contribution in [3.8, 4) is 0 Å². The van der Waals surface area contributed by atoms with Crippen LogP contribution >= 0.6 is 0 Å². The van der Waals surface area contributed by atoms with Crippen LogP contribution in [0.5, 0.6) is 0 Å². The zero-order valence-corrected chi connectivity index (χ0v) is 18.2. The van der Waals surface area contributed by atoms with Gasteiger partial charge in [-0.1, -0.05) is 67.4 Å². The molecule has 2 aliphatic rings. The molecular weight excluding hydrogens is 404 g/mol. The molecule has 1 aliphatic carbocycles. The van der Waals surface area contributed by atoms with E-state index in [1.54, 1.807) is 4.90 Å². The van der Waals surface area contributed by atoms with Crippen LogP contribution in [0.4, 0.5) is 0 Å². The van der Waals surface area contributed by atoms with Crippen molar-refractivity contribution in [3.05, 3.63) is 71.3 Å². The summed E-state index contributed by atoms with van der Waals surface area (Å²) in [6.45, 7) is 0.903. The molecule has 3 atom stereocenters. The lowest BCUT2D eigenvalue weighted by Gasteiger charge is -2.40. The van der Waals surface area contributed by atoms with E-state index in [1.165, 1.54) is 0 Å². The van der Waals surface area contributed by atoms with Crippen LogP contribution in [0, 0.1) is 11.8 Å². The third-order valence-electron chi connectivity index (χ3n) is 6.77. The number of carbonyl (C=O) groups is 3. The van der Waals surface area contributed by atoms with Gasteiger partial charge < -0.3 is 15.3 Å². The summed E-state index contributed by atoms with van der Waals surface area (Å²) < 4.78 is 0. The van der Waals surface area contributed by atoms with Crippen LogP contribution < -0.4 is 5.32 Å². The summed E-state index contributed by atoms with van der Waals surface area (Å²) in [7, 11) is 0. The highest BCUT2D eigenvalue weighted by molar-refractivity contribution is 5.92. The second kappa shape index (κ2) is 9.98. The van der Waals surface area contributed by atoms with E-state index in [0.29, 0.717) is 38.8 Å². The number of carboxylic acid groups (broad SMARTS) is 1. The Morgan fingerprint density at radius 2 is 1.62 bits per heavy atom. The number of amides is 2. The first-order chi connectivity index (χ1) is 15.6. The number of hydrogen-bond donors (Lipinski definition) is 2. The van der Waals surface area contributed by atoms with Gasteiger partial charge in [0.2, 0.25) is 11.8 Å². The molecule has 1 saturated carbocycles. The topological polar surface area (TPSA) is 86.7 Å². The highest BCUT2D eigenvalue weighted by Crippen LogP contribution is 2.36. The second-order valence-corrected chi connectivity index (χ2v) is 8.75. The fourth-order valence-electron chi connectivity index (χ4n) is 5.09. The largest absolute Gasteiger partial charge is 0.481 e. The molecule has 2 N–H and O–H groups in total. The van der Waals surface area contributed by atoms with E-state index >= 15 is 0 Å². The Labute approximate surface area is 188 Å². The summed E-state index contributed by atoms with van der Waals surface area (Å²) in [6, 6.07) is 17.0. The first-order valence-electron chi connectivity index (χ1n) is 11.5. The van der Waals surface area contributed by atoms with Gasteiger partial charge in [0, 0.05) is 13.1 Å². The minimum atomic E-state index is -0.913. The maximum Gasteiger partial charge on any atom is 0.307 e. The van der Waals surface area contributed by atoms with Crippen molar-refractivity contribution in [2.45, 2.75) is 44.6 Å². The lowest BCUT2D eigenvalue weighted by molar-refractivity contribution is -0.155. The van der Waals surface area contributed by atoms with Crippen molar-refractivity contribution < 1.29 is 19.5 Å². The highest BCUT2D eigenvalue weighted by Gasteiger charge is 2.43. The van der Waals surface area contributed by atoms with E-state index in [0.717, 1.165) is 29.5 Å². The standard InChI is InChI=1S/C26H30N2O4/c29-24(27-16-14-18-8-2-1-3-9-18)23-20-11-5-4-10-19(20)15-17-28(23)25(30)21-12-6-7-13-22(21)26(31)32/h1-5,8-11,21-23H,6-7,12-17H2,(H,27,29)(H,31,32)/t21?,22?,23-/m0/s1. The van der Waals surface area contributed by atoms with E-state index in [4.69, 9.17) is 0 Å². The first kappa shape index (κ1) is 22.1. The molecule has 0 saturated heterocycles. The summed E-state index contributed by atoms with van der Waals surface area (Å²) in [5.74, 6) is -2.55. The Bertz CT molecular complexity index is 975. The summed E-state index contributed by atoms with van der Waals surface area (Å²) in [5, 5.41) is 12.7. The van der Waals surface area contributed by atoms with E-state index in [2.05, 4.69) is 5.32 Å². The maximum atomic E-state index is 13.6. The first-order valence-corrected chi connectivity index (χ1v) is 11.5. The van der Waals surface area contributed by atoms with Crippen molar-refractivity contribution in [2.75, 3.05) is 13.1 Å². The fraction of sp³-hybridized carbons (Fsp3) is 0.423. The van der Waals surface area contributed by atoms with Gasteiger partial charge >= 0.3 is 5.97 Å². The summed E-state index contributed by atoms with van der Waals surface area (Å²) in [5.41, 5.74) is 3.04. The Morgan fingerprint density at radius 3 is 2.38 bits per heavy atom. The molecule has 2 aromatic carbocycles. The Morgan fingerprint density at radius 1 is 0.938 bits per heavy atom. The van der Waals surface area contributed by atoms with E-state index in [1.807, 2.05) is 54.6 Å². The molecule has 4 rings (SSSR count). The number of rotatable bonds is 6. The molecule has 0 radical (unpaired) electrons. The Balaban J connectivity index is 1.54. The number of carboxylic acids is 1. The van der Waals surface area contributed by atoms with Crippen LogP contribution in [0.2, 0.25) is 0 Å². The van der Waals surface area contributed by atoms with E-state index in [9.17, 15) is 19.5 Å². The van der Waals surface area contributed by atoms with Gasteiger partial charge in [-0.3, -0.25) is 14.4 Å². The number of carbonyl (C=O) groups excluding carboxylic acids is 2. The summed E-state index contributed by atoms with van der Waals surface area (Å²) in [4.78, 5) is 40.3. The van der Waals surface area contributed by atoms with Gasteiger partial charge in [-0.15, -0.1) is 0 Å². The van der Waals surface area contributed by atoms with Crippen LogP contribution in [0.15, 0.2) is 54.6 Å². The van der Waals surface area contributed by atoms with Gasteiger partial charge in [0.25, 0.3) is 0 Å². The lowest BCUT2D eigenvalue weighted by Crippen LogP contribution is -2.51. The van der Waals surface area contributed by atoms with Crippen molar-refractivity contribution in [2.24, 2.45) is 11.8 Å². The quantitative estimate of drug-likeness (QED) is 0.730. The van der Waals surface area contributed by atoms with Gasteiger partial charge in [0.1, 0.15) is 6.04 Å². The molecule has 168 valence electrons.